The van der Waals surface area contributed by atoms with Gasteiger partial charge in [0.1, 0.15) is 5.60 Å². The zero-order valence-corrected chi connectivity index (χ0v) is 17.5. The number of methoxy groups -OCH3 is 1. The van der Waals surface area contributed by atoms with Gasteiger partial charge in [0.25, 0.3) is 0 Å². The van der Waals surface area contributed by atoms with Crippen molar-refractivity contribution in [2.24, 2.45) is 5.92 Å². The second-order valence-electron chi connectivity index (χ2n) is 8.21. The first-order valence-corrected chi connectivity index (χ1v) is 9.69. The third-order valence-corrected chi connectivity index (χ3v) is 4.61. The number of alkyl carbamates (subject to hydrolysis) is 1. The SMILES string of the molecule is COC(=O)c1ccc(C(F)(F)F)c(C#CC2CCC(NC(=O)OC(C)(C)C)CC2)c1. The Hall–Kier alpha value is -2.69. The lowest BCUT2D eigenvalue weighted by atomic mass is 9.86. The summed E-state index contributed by atoms with van der Waals surface area (Å²) in [6.07, 6.45) is -2.45. The van der Waals surface area contributed by atoms with Gasteiger partial charge in [-0.3, -0.25) is 0 Å². The highest BCUT2D eigenvalue weighted by atomic mass is 19.4. The van der Waals surface area contributed by atoms with Gasteiger partial charge >= 0.3 is 18.2 Å². The molecular formula is C22H26F3NO4. The first-order chi connectivity index (χ1) is 13.9. The van der Waals surface area contributed by atoms with E-state index < -0.39 is 29.4 Å². The van der Waals surface area contributed by atoms with Crippen molar-refractivity contribution in [1.29, 1.82) is 0 Å². The van der Waals surface area contributed by atoms with Crippen molar-refractivity contribution in [2.75, 3.05) is 7.11 Å². The highest BCUT2D eigenvalue weighted by molar-refractivity contribution is 5.90. The molecule has 30 heavy (non-hydrogen) atoms. The van der Waals surface area contributed by atoms with Crippen LogP contribution in [0.25, 0.3) is 0 Å². The lowest BCUT2D eigenvalue weighted by Gasteiger charge is -2.28. The smallest absolute Gasteiger partial charge is 0.417 e. The third-order valence-electron chi connectivity index (χ3n) is 4.61. The number of esters is 1. The van der Waals surface area contributed by atoms with Crippen molar-refractivity contribution in [3.63, 3.8) is 0 Å². The Balaban J connectivity index is 2.06. The van der Waals surface area contributed by atoms with Crippen molar-refractivity contribution >= 4 is 12.1 Å². The normalized spacial score (nSPS) is 19.3. The van der Waals surface area contributed by atoms with E-state index in [1.165, 1.54) is 0 Å². The van der Waals surface area contributed by atoms with E-state index in [9.17, 15) is 22.8 Å². The molecule has 0 aliphatic heterocycles. The zero-order chi connectivity index (χ0) is 22.5. The molecule has 0 spiro atoms. The van der Waals surface area contributed by atoms with Crippen molar-refractivity contribution in [3.05, 3.63) is 34.9 Å². The number of halogens is 3. The van der Waals surface area contributed by atoms with Gasteiger partial charge in [-0.25, -0.2) is 9.59 Å². The fourth-order valence-electron chi connectivity index (χ4n) is 3.18. The lowest BCUT2D eigenvalue weighted by Crippen LogP contribution is -2.40. The maximum Gasteiger partial charge on any atom is 0.417 e. The second kappa shape index (κ2) is 9.41. The summed E-state index contributed by atoms with van der Waals surface area (Å²) in [5.41, 5.74) is -1.70. The molecule has 164 valence electrons. The highest BCUT2D eigenvalue weighted by Crippen LogP contribution is 2.32. The number of hydrogen-bond acceptors (Lipinski definition) is 4. The van der Waals surface area contributed by atoms with Crippen molar-refractivity contribution in [1.82, 2.24) is 5.32 Å². The summed E-state index contributed by atoms with van der Waals surface area (Å²) in [7, 11) is 1.16. The van der Waals surface area contributed by atoms with E-state index in [1.807, 2.05) is 0 Å². The molecule has 1 saturated carbocycles. The van der Waals surface area contributed by atoms with E-state index in [1.54, 1.807) is 20.8 Å². The first-order valence-electron chi connectivity index (χ1n) is 9.69. The van der Waals surface area contributed by atoms with Crippen LogP contribution in [0, 0.1) is 17.8 Å². The molecule has 0 radical (unpaired) electrons. The molecule has 0 atom stereocenters. The van der Waals surface area contributed by atoms with Crippen LogP contribution in [-0.4, -0.2) is 30.8 Å². The van der Waals surface area contributed by atoms with Gasteiger partial charge in [0.2, 0.25) is 0 Å². The van der Waals surface area contributed by atoms with Crippen LogP contribution >= 0.6 is 0 Å². The molecule has 1 amide bonds. The van der Waals surface area contributed by atoms with E-state index in [2.05, 4.69) is 21.9 Å². The number of ether oxygens (including phenoxy) is 2. The third kappa shape index (κ3) is 6.97. The predicted molar refractivity (Wildman–Crippen MR) is 105 cm³/mol. The molecule has 0 saturated heterocycles. The van der Waals surface area contributed by atoms with Crippen molar-refractivity contribution < 1.29 is 32.2 Å². The Labute approximate surface area is 174 Å². The Morgan fingerprint density at radius 3 is 2.27 bits per heavy atom. The minimum absolute atomic E-state index is 0.0140. The van der Waals surface area contributed by atoms with E-state index in [0.29, 0.717) is 25.7 Å². The van der Waals surface area contributed by atoms with Gasteiger partial charge in [0.05, 0.1) is 18.2 Å². The van der Waals surface area contributed by atoms with Crippen LogP contribution in [0.4, 0.5) is 18.0 Å². The van der Waals surface area contributed by atoms with Gasteiger partial charge in [0, 0.05) is 17.5 Å². The summed E-state index contributed by atoms with van der Waals surface area (Å²) < 4.78 is 49.7. The molecular weight excluding hydrogens is 399 g/mol. The topological polar surface area (TPSA) is 64.6 Å². The summed E-state index contributed by atoms with van der Waals surface area (Å²) in [5.74, 6) is 4.69. The summed E-state index contributed by atoms with van der Waals surface area (Å²) >= 11 is 0. The van der Waals surface area contributed by atoms with Crippen LogP contribution < -0.4 is 5.32 Å². The number of amides is 1. The number of carbonyl (C=O) groups is 2. The maximum atomic E-state index is 13.3. The Morgan fingerprint density at radius 2 is 1.73 bits per heavy atom. The van der Waals surface area contributed by atoms with Crippen LogP contribution in [0.5, 0.6) is 0 Å². The van der Waals surface area contributed by atoms with Crippen LogP contribution in [0.15, 0.2) is 18.2 Å². The quantitative estimate of drug-likeness (QED) is 0.539. The van der Waals surface area contributed by atoms with E-state index in [0.717, 1.165) is 25.3 Å². The summed E-state index contributed by atoms with van der Waals surface area (Å²) in [6, 6.07) is 2.98. The minimum atomic E-state index is -4.58. The van der Waals surface area contributed by atoms with Crippen LogP contribution in [-0.2, 0) is 15.7 Å². The van der Waals surface area contributed by atoms with E-state index in [4.69, 9.17) is 4.74 Å². The van der Waals surface area contributed by atoms with E-state index in [-0.39, 0.29) is 23.1 Å². The molecule has 1 aromatic rings. The van der Waals surface area contributed by atoms with Gasteiger partial charge in [-0.2, -0.15) is 13.2 Å². The fourth-order valence-corrected chi connectivity index (χ4v) is 3.18. The number of nitrogens with one attached hydrogen (secondary N) is 1. The lowest BCUT2D eigenvalue weighted by molar-refractivity contribution is -0.137. The molecule has 2 rings (SSSR count). The molecule has 1 aliphatic rings. The molecule has 0 aromatic heterocycles. The van der Waals surface area contributed by atoms with Gasteiger partial charge in [-0.1, -0.05) is 11.8 Å². The van der Waals surface area contributed by atoms with Gasteiger partial charge in [0.15, 0.2) is 0 Å². The number of alkyl halides is 3. The number of benzene rings is 1. The summed E-state index contributed by atoms with van der Waals surface area (Å²) in [6.45, 7) is 5.34. The Kier molecular flexibility index (Phi) is 7.40. The highest BCUT2D eigenvalue weighted by Gasteiger charge is 2.33. The Morgan fingerprint density at radius 1 is 1.10 bits per heavy atom. The molecule has 1 N–H and O–H groups in total. The number of carbonyl (C=O) groups excluding carboxylic acids is 2. The molecule has 1 aliphatic carbocycles. The van der Waals surface area contributed by atoms with Crippen LogP contribution in [0.2, 0.25) is 0 Å². The van der Waals surface area contributed by atoms with Crippen LogP contribution in [0.1, 0.15) is 67.9 Å². The largest absolute Gasteiger partial charge is 0.465 e. The average molecular weight is 425 g/mol. The average Bonchev–Trinajstić information content (AvgIpc) is 2.64. The molecule has 8 heteroatoms. The standard InChI is InChI=1S/C22H26F3NO4/c1-21(2,3)30-20(28)26-17-10-6-14(7-11-17)5-8-15-13-16(19(27)29-4)9-12-18(15)22(23,24)25/h9,12-14,17H,6-7,10-11H2,1-4H3,(H,26,28). The summed E-state index contributed by atoms with van der Waals surface area (Å²) in [5, 5.41) is 2.82. The molecule has 0 unspecified atom stereocenters. The van der Waals surface area contributed by atoms with Gasteiger partial charge in [-0.05, 0) is 64.7 Å². The van der Waals surface area contributed by atoms with E-state index >= 15 is 0 Å². The van der Waals surface area contributed by atoms with Crippen molar-refractivity contribution in [3.8, 4) is 11.8 Å². The monoisotopic (exact) mass is 425 g/mol. The first kappa shape index (κ1) is 23.6. The van der Waals surface area contributed by atoms with Gasteiger partial charge < -0.3 is 14.8 Å². The molecule has 1 aromatic carbocycles. The second-order valence-corrected chi connectivity index (χ2v) is 8.21. The minimum Gasteiger partial charge on any atom is -0.465 e. The molecule has 5 nitrogen and oxygen atoms in total. The maximum absolute atomic E-state index is 13.3. The fraction of sp³-hybridized carbons (Fsp3) is 0.545. The molecule has 1 fully saturated rings. The summed E-state index contributed by atoms with van der Waals surface area (Å²) in [4.78, 5) is 23.5. The van der Waals surface area contributed by atoms with Crippen LogP contribution in [0.3, 0.4) is 0 Å². The van der Waals surface area contributed by atoms with Gasteiger partial charge in [-0.15, -0.1) is 0 Å². The molecule has 0 heterocycles. The number of rotatable bonds is 2. The molecule has 0 bridgehead atoms. The Bertz CT molecular complexity index is 839. The number of hydrogen-bond donors (Lipinski definition) is 1. The zero-order valence-electron chi connectivity index (χ0n) is 17.5. The van der Waals surface area contributed by atoms with Crippen molar-refractivity contribution in [2.45, 2.75) is 64.3 Å². The predicted octanol–water partition coefficient (Wildman–Crippen LogP) is 4.93.